The van der Waals surface area contributed by atoms with Gasteiger partial charge in [-0.25, -0.2) is 16.8 Å². The summed E-state index contributed by atoms with van der Waals surface area (Å²) in [7, 11) is -2.47. The van der Waals surface area contributed by atoms with Crippen LogP contribution in [0.2, 0.25) is 0 Å². The number of hydrogen-bond acceptors (Lipinski definition) is 4. The molecule has 0 aromatic rings. The zero-order chi connectivity index (χ0) is 8.70. The second-order valence-corrected chi connectivity index (χ2v) is 7.83. The monoisotopic (exact) mass is 218 g/mol. The molecule has 0 aliphatic carbocycles. The Labute approximate surface area is 69.9 Å². The fourth-order valence-electron chi connectivity index (χ4n) is 1.08. The second kappa shape index (κ2) is 2.60. The molecule has 1 rings (SSSR count). The topological polar surface area (TPSA) is 68.3 Å². The number of rotatable bonds is 1. The van der Waals surface area contributed by atoms with E-state index in [1.807, 2.05) is 0 Å². The molecule has 7 heteroatoms. The fraction of sp³-hybridized carbons (Fsp3) is 1.00. The van der Waals surface area contributed by atoms with Crippen LogP contribution in [0.4, 0.5) is 0 Å². The molecular weight excluding hydrogens is 212 g/mol. The Morgan fingerprint density at radius 3 is 2.09 bits per heavy atom. The van der Waals surface area contributed by atoms with Crippen molar-refractivity contribution in [3.8, 4) is 0 Å². The van der Waals surface area contributed by atoms with Crippen LogP contribution in [-0.4, -0.2) is 27.2 Å². The van der Waals surface area contributed by atoms with Crippen LogP contribution in [0.25, 0.3) is 0 Å². The van der Waals surface area contributed by atoms with E-state index in [4.69, 9.17) is 10.7 Å². The van der Waals surface area contributed by atoms with E-state index in [0.717, 1.165) is 0 Å². The summed E-state index contributed by atoms with van der Waals surface area (Å²) in [4.78, 5) is 0. The zero-order valence-electron chi connectivity index (χ0n) is 5.53. The Bertz CT molecular complexity index is 340. The molecule has 1 aliphatic heterocycles. The van der Waals surface area contributed by atoms with Crippen LogP contribution in [0.15, 0.2) is 0 Å². The van der Waals surface area contributed by atoms with Gasteiger partial charge in [0.25, 0.3) is 0 Å². The number of hydrogen-bond donors (Lipinski definition) is 0. The third-order valence-electron chi connectivity index (χ3n) is 1.58. The molecule has 1 aliphatic rings. The highest BCUT2D eigenvalue weighted by Gasteiger charge is 2.40. The van der Waals surface area contributed by atoms with Gasteiger partial charge in [-0.2, -0.15) is 0 Å². The minimum Gasteiger partial charge on any atom is -0.227 e. The summed E-state index contributed by atoms with van der Waals surface area (Å²) >= 11 is 0. The Morgan fingerprint density at radius 1 is 1.36 bits per heavy atom. The molecule has 1 atom stereocenters. The van der Waals surface area contributed by atoms with E-state index in [-0.39, 0.29) is 12.2 Å². The first-order chi connectivity index (χ1) is 4.84. The molecule has 4 nitrogen and oxygen atoms in total. The number of sulfone groups is 1. The maximum atomic E-state index is 10.9. The molecule has 66 valence electrons. The molecular formula is C4H7ClO4S2. The molecule has 1 unspecified atom stereocenters. The second-order valence-electron chi connectivity index (χ2n) is 2.41. The highest BCUT2D eigenvalue weighted by Crippen LogP contribution is 2.26. The minimum absolute atomic E-state index is 0.0659. The third-order valence-corrected chi connectivity index (χ3v) is 6.94. The van der Waals surface area contributed by atoms with Crippen molar-refractivity contribution in [2.45, 2.75) is 17.4 Å². The third kappa shape index (κ3) is 1.86. The van der Waals surface area contributed by atoms with Crippen molar-refractivity contribution >= 4 is 29.6 Å². The molecule has 1 heterocycles. The smallest absolute Gasteiger partial charge is 0.227 e. The average molecular weight is 219 g/mol. The lowest BCUT2D eigenvalue weighted by atomic mass is 10.4. The van der Waals surface area contributed by atoms with Gasteiger partial charge in [-0.1, -0.05) is 0 Å². The largest absolute Gasteiger partial charge is 0.249 e. The molecule has 0 aromatic carbocycles. The molecule has 0 aromatic heterocycles. The normalized spacial score (nSPS) is 30.5. The highest BCUT2D eigenvalue weighted by molar-refractivity contribution is 8.22. The summed E-state index contributed by atoms with van der Waals surface area (Å²) in [5.74, 6) is -0.0659. The summed E-state index contributed by atoms with van der Waals surface area (Å²) in [5.41, 5.74) is 0. The van der Waals surface area contributed by atoms with Gasteiger partial charge in [0, 0.05) is 10.7 Å². The van der Waals surface area contributed by atoms with Gasteiger partial charge in [0.2, 0.25) is 9.05 Å². The lowest BCUT2D eigenvalue weighted by Gasteiger charge is -2.02. The predicted octanol–water partition coefficient (Wildman–Crippen LogP) is 0.0897. The van der Waals surface area contributed by atoms with Crippen molar-refractivity contribution in [1.82, 2.24) is 0 Å². The highest BCUT2D eigenvalue weighted by atomic mass is 35.7. The van der Waals surface area contributed by atoms with Crippen LogP contribution >= 0.6 is 10.7 Å². The summed E-state index contributed by atoms with van der Waals surface area (Å²) in [5, 5.41) is 0. The van der Waals surface area contributed by atoms with Gasteiger partial charge in [0.15, 0.2) is 14.4 Å². The molecule has 0 bridgehead atoms. The van der Waals surface area contributed by atoms with E-state index < -0.39 is 23.5 Å². The van der Waals surface area contributed by atoms with Gasteiger partial charge >= 0.3 is 0 Å². The molecule has 11 heavy (non-hydrogen) atoms. The fourth-order valence-corrected chi connectivity index (χ4v) is 5.84. The summed E-state index contributed by atoms with van der Waals surface area (Å²) in [6, 6.07) is 0. The number of halogens is 1. The first-order valence-corrected chi connectivity index (χ1v) is 7.08. The van der Waals surface area contributed by atoms with Gasteiger partial charge < -0.3 is 0 Å². The van der Waals surface area contributed by atoms with Crippen molar-refractivity contribution in [3.05, 3.63) is 0 Å². The summed E-state index contributed by atoms with van der Waals surface area (Å²) < 4.78 is 41.8. The SMILES string of the molecule is O=S(=O)(Cl)C1CCCS1(=O)=O. The maximum Gasteiger partial charge on any atom is 0.249 e. The van der Waals surface area contributed by atoms with E-state index in [2.05, 4.69) is 0 Å². The lowest BCUT2D eigenvalue weighted by molar-refractivity contribution is 0.588. The molecule has 0 N–H and O–H groups in total. The molecule has 0 radical (unpaired) electrons. The van der Waals surface area contributed by atoms with E-state index >= 15 is 0 Å². The van der Waals surface area contributed by atoms with E-state index in [9.17, 15) is 16.8 Å². The summed E-state index contributed by atoms with van der Waals surface area (Å²) in [6.45, 7) is 0. The maximum absolute atomic E-state index is 10.9. The molecule has 1 fully saturated rings. The molecule has 1 saturated heterocycles. The van der Waals surface area contributed by atoms with E-state index in [1.54, 1.807) is 0 Å². The van der Waals surface area contributed by atoms with E-state index in [0.29, 0.717) is 6.42 Å². The van der Waals surface area contributed by atoms with Crippen molar-refractivity contribution in [1.29, 1.82) is 0 Å². The molecule has 0 amide bonds. The average Bonchev–Trinajstić information content (AvgIpc) is 2.06. The predicted molar refractivity (Wildman–Crippen MR) is 41.6 cm³/mol. The van der Waals surface area contributed by atoms with Crippen LogP contribution in [0, 0.1) is 0 Å². The van der Waals surface area contributed by atoms with Crippen LogP contribution in [0.5, 0.6) is 0 Å². The van der Waals surface area contributed by atoms with E-state index in [1.165, 1.54) is 0 Å². The first kappa shape index (κ1) is 9.28. The Hall–Kier alpha value is 0.190. The standard InChI is InChI=1S/C4H7ClO4S2/c5-11(8,9)4-2-1-3-10(4,6)7/h4H,1-3H2. The molecule has 0 spiro atoms. The van der Waals surface area contributed by atoms with Gasteiger partial charge in [-0.3, -0.25) is 0 Å². The minimum atomic E-state index is -3.93. The molecule has 0 saturated carbocycles. The Morgan fingerprint density at radius 2 is 1.91 bits per heavy atom. The van der Waals surface area contributed by atoms with Crippen LogP contribution < -0.4 is 0 Å². The Kier molecular flexibility index (Phi) is 2.19. The quantitative estimate of drug-likeness (QED) is 0.585. The lowest BCUT2D eigenvalue weighted by Crippen LogP contribution is -2.22. The van der Waals surface area contributed by atoms with Gasteiger partial charge in [0.05, 0.1) is 5.75 Å². The van der Waals surface area contributed by atoms with Gasteiger partial charge in [0.1, 0.15) is 0 Å². The van der Waals surface area contributed by atoms with Crippen molar-refractivity contribution in [2.75, 3.05) is 5.75 Å². The van der Waals surface area contributed by atoms with Crippen LogP contribution in [0.3, 0.4) is 0 Å². The Balaban J connectivity index is 3.11. The van der Waals surface area contributed by atoms with Crippen LogP contribution in [0.1, 0.15) is 12.8 Å². The zero-order valence-corrected chi connectivity index (χ0v) is 7.92. The van der Waals surface area contributed by atoms with Crippen molar-refractivity contribution in [3.63, 3.8) is 0 Å². The van der Waals surface area contributed by atoms with Crippen molar-refractivity contribution in [2.24, 2.45) is 0 Å². The van der Waals surface area contributed by atoms with Gasteiger partial charge in [-0.05, 0) is 12.8 Å². The van der Waals surface area contributed by atoms with Gasteiger partial charge in [-0.15, -0.1) is 0 Å². The summed E-state index contributed by atoms with van der Waals surface area (Å²) in [6.07, 6.45) is 0.521. The first-order valence-electron chi connectivity index (χ1n) is 2.99. The van der Waals surface area contributed by atoms with Crippen LogP contribution in [-0.2, 0) is 18.9 Å². The van der Waals surface area contributed by atoms with Crippen molar-refractivity contribution < 1.29 is 16.8 Å².